The van der Waals surface area contributed by atoms with Crippen molar-refractivity contribution in [3.05, 3.63) is 28.8 Å². The first-order valence-electron chi connectivity index (χ1n) is 7.55. The number of benzene rings is 1. The summed E-state index contributed by atoms with van der Waals surface area (Å²) in [7, 11) is -1.59. The maximum atomic E-state index is 12.6. The van der Waals surface area contributed by atoms with Crippen LogP contribution in [0.15, 0.2) is 12.1 Å². The van der Waals surface area contributed by atoms with Gasteiger partial charge in [-0.1, -0.05) is 6.07 Å². The number of sulfonamides is 1. The fourth-order valence-electron chi connectivity index (χ4n) is 2.97. The number of ether oxygens (including phenoxy) is 1. The highest BCUT2D eigenvalue weighted by Gasteiger charge is 2.27. The molecule has 118 valence electrons. The molecule has 0 bridgehead atoms. The largest absolute Gasteiger partial charge is 0.385 e. The second-order valence-electron chi connectivity index (χ2n) is 5.77. The number of anilines is 1. The molecule has 1 aliphatic rings. The van der Waals surface area contributed by atoms with Crippen molar-refractivity contribution in [3.8, 4) is 0 Å². The van der Waals surface area contributed by atoms with Gasteiger partial charge in [0.2, 0.25) is 10.0 Å². The van der Waals surface area contributed by atoms with Gasteiger partial charge in [-0.3, -0.25) is 4.31 Å². The molecule has 0 amide bonds. The second-order valence-corrected chi connectivity index (χ2v) is 7.78. The number of fused-ring (bicyclic) bond motifs is 1. The minimum Gasteiger partial charge on any atom is -0.385 e. The molecular formula is C16H25NO3S. The molecular weight excluding hydrogens is 286 g/mol. The lowest BCUT2D eigenvalue weighted by Gasteiger charge is -2.32. The summed E-state index contributed by atoms with van der Waals surface area (Å²) < 4.78 is 31.8. The smallest absolute Gasteiger partial charge is 0.235 e. The lowest BCUT2D eigenvalue weighted by molar-refractivity contribution is 0.194. The molecule has 21 heavy (non-hydrogen) atoms. The molecule has 0 spiro atoms. The Morgan fingerprint density at radius 1 is 1.24 bits per heavy atom. The first kappa shape index (κ1) is 16.3. The third-order valence-electron chi connectivity index (χ3n) is 3.99. The van der Waals surface area contributed by atoms with E-state index < -0.39 is 10.0 Å². The minimum atomic E-state index is -3.23. The van der Waals surface area contributed by atoms with Gasteiger partial charge in [0.05, 0.1) is 11.4 Å². The predicted molar refractivity (Wildman–Crippen MR) is 86.5 cm³/mol. The maximum absolute atomic E-state index is 12.6. The zero-order chi connectivity index (χ0) is 15.5. The first-order chi connectivity index (χ1) is 9.95. The number of nitrogens with zero attached hydrogens (tertiary/aromatic N) is 1. The fourth-order valence-corrected chi connectivity index (χ4v) is 4.63. The molecule has 2 rings (SSSR count). The number of rotatable bonds is 6. The number of hydrogen-bond acceptors (Lipinski definition) is 3. The van der Waals surface area contributed by atoms with Gasteiger partial charge in [-0.05, 0) is 62.3 Å². The molecule has 0 saturated carbocycles. The van der Waals surface area contributed by atoms with E-state index in [-0.39, 0.29) is 5.75 Å². The molecule has 1 aromatic carbocycles. The molecule has 0 fully saturated rings. The SMILES string of the molecule is COCCCCS(=O)(=O)N1CCCc2c(C)cc(C)cc21. The van der Waals surface area contributed by atoms with Gasteiger partial charge in [-0.2, -0.15) is 0 Å². The van der Waals surface area contributed by atoms with Crippen LogP contribution in [0, 0.1) is 13.8 Å². The predicted octanol–water partition coefficient (Wildman–Crippen LogP) is 2.81. The van der Waals surface area contributed by atoms with E-state index in [1.165, 1.54) is 11.1 Å². The van der Waals surface area contributed by atoms with Crippen molar-refractivity contribution in [1.82, 2.24) is 0 Å². The van der Waals surface area contributed by atoms with Crippen molar-refractivity contribution >= 4 is 15.7 Å². The quantitative estimate of drug-likeness (QED) is 0.759. The number of unbranched alkanes of at least 4 members (excludes halogenated alkanes) is 1. The Bertz CT molecular complexity index is 596. The van der Waals surface area contributed by atoms with Gasteiger partial charge in [0.1, 0.15) is 0 Å². The van der Waals surface area contributed by atoms with Gasteiger partial charge in [-0.15, -0.1) is 0 Å². The van der Waals surface area contributed by atoms with Crippen LogP contribution in [0.4, 0.5) is 5.69 Å². The zero-order valence-corrected chi connectivity index (χ0v) is 14.0. The van der Waals surface area contributed by atoms with E-state index in [0.717, 1.165) is 30.5 Å². The maximum Gasteiger partial charge on any atom is 0.235 e. The number of methoxy groups -OCH3 is 1. The summed E-state index contributed by atoms with van der Waals surface area (Å²) in [5.74, 6) is 0.197. The summed E-state index contributed by atoms with van der Waals surface area (Å²) in [5, 5.41) is 0. The molecule has 0 unspecified atom stereocenters. The highest BCUT2D eigenvalue weighted by atomic mass is 32.2. The summed E-state index contributed by atoms with van der Waals surface area (Å²) in [6.45, 7) is 5.30. The third kappa shape index (κ3) is 3.77. The Morgan fingerprint density at radius 2 is 2.00 bits per heavy atom. The van der Waals surface area contributed by atoms with E-state index in [0.29, 0.717) is 19.6 Å². The van der Waals surface area contributed by atoms with Gasteiger partial charge in [0.15, 0.2) is 0 Å². The topological polar surface area (TPSA) is 46.6 Å². The average molecular weight is 311 g/mol. The van der Waals surface area contributed by atoms with Crippen LogP contribution >= 0.6 is 0 Å². The summed E-state index contributed by atoms with van der Waals surface area (Å²) in [4.78, 5) is 0. The first-order valence-corrected chi connectivity index (χ1v) is 9.16. The number of aryl methyl sites for hydroxylation is 2. The van der Waals surface area contributed by atoms with Gasteiger partial charge < -0.3 is 4.74 Å². The Labute approximate surface area is 128 Å². The summed E-state index contributed by atoms with van der Waals surface area (Å²) in [5.41, 5.74) is 4.40. The van der Waals surface area contributed by atoms with E-state index >= 15 is 0 Å². The number of hydrogen-bond donors (Lipinski definition) is 0. The monoisotopic (exact) mass is 311 g/mol. The van der Waals surface area contributed by atoms with E-state index in [2.05, 4.69) is 13.0 Å². The van der Waals surface area contributed by atoms with Crippen molar-refractivity contribution in [2.24, 2.45) is 0 Å². The molecule has 0 atom stereocenters. The van der Waals surface area contributed by atoms with Gasteiger partial charge in [0, 0.05) is 20.3 Å². The van der Waals surface area contributed by atoms with Crippen LogP contribution in [0.25, 0.3) is 0 Å². The van der Waals surface area contributed by atoms with Crippen molar-refractivity contribution in [2.75, 3.05) is 30.3 Å². The molecule has 4 nitrogen and oxygen atoms in total. The third-order valence-corrected chi connectivity index (χ3v) is 5.84. The standard InChI is InChI=1S/C16H25NO3S/c1-13-11-14(2)15-7-6-8-17(16(15)12-13)21(18,19)10-5-4-9-20-3/h11-12H,4-10H2,1-3H3. The van der Waals surface area contributed by atoms with Crippen LogP contribution < -0.4 is 4.31 Å². The molecule has 0 aliphatic carbocycles. The molecule has 0 N–H and O–H groups in total. The lowest BCUT2D eigenvalue weighted by Crippen LogP contribution is -2.37. The van der Waals surface area contributed by atoms with Crippen LogP contribution in [0.5, 0.6) is 0 Å². The summed E-state index contributed by atoms with van der Waals surface area (Å²) in [6.07, 6.45) is 3.29. The van der Waals surface area contributed by atoms with Crippen LogP contribution in [0.1, 0.15) is 36.0 Å². The van der Waals surface area contributed by atoms with E-state index in [4.69, 9.17) is 4.74 Å². The normalized spacial score (nSPS) is 15.1. The summed E-state index contributed by atoms with van der Waals surface area (Å²) in [6, 6.07) is 4.14. The van der Waals surface area contributed by atoms with E-state index in [9.17, 15) is 8.42 Å². The van der Waals surface area contributed by atoms with E-state index in [1.54, 1.807) is 11.4 Å². The Morgan fingerprint density at radius 3 is 2.71 bits per heavy atom. The van der Waals surface area contributed by atoms with Crippen LogP contribution in [0.2, 0.25) is 0 Å². The second kappa shape index (κ2) is 6.79. The molecule has 1 aromatic rings. The highest BCUT2D eigenvalue weighted by molar-refractivity contribution is 7.92. The van der Waals surface area contributed by atoms with Crippen molar-refractivity contribution < 1.29 is 13.2 Å². The van der Waals surface area contributed by atoms with Crippen LogP contribution in [-0.2, 0) is 21.2 Å². The van der Waals surface area contributed by atoms with Gasteiger partial charge in [-0.25, -0.2) is 8.42 Å². The van der Waals surface area contributed by atoms with Crippen LogP contribution in [0.3, 0.4) is 0 Å². The Hall–Kier alpha value is -1.07. The molecule has 5 heteroatoms. The zero-order valence-electron chi connectivity index (χ0n) is 13.2. The highest BCUT2D eigenvalue weighted by Crippen LogP contribution is 2.33. The van der Waals surface area contributed by atoms with Crippen LogP contribution in [-0.4, -0.2) is 34.4 Å². The minimum absolute atomic E-state index is 0.197. The molecule has 0 saturated heterocycles. The fraction of sp³-hybridized carbons (Fsp3) is 0.625. The lowest BCUT2D eigenvalue weighted by atomic mass is 9.96. The van der Waals surface area contributed by atoms with Crippen molar-refractivity contribution in [3.63, 3.8) is 0 Å². The molecule has 1 aliphatic heterocycles. The molecule has 1 heterocycles. The Balaban J connectivity index is 2.22. The van der Waals surface area contributed by atoms with Crippen molar-refractivity contribution in [1.29, 1.82) is 0 Å². The van der Waals surface area contributed by atoms with E-state index in [1.807, 2.05) is 13.0 Å². The van der Waals surface area contributed by atoms with Gasteiger partial charge >= 0.3 is 0 Å². The van der Waals surface area contributed by atoms with Gasteiger partial charge in [0.25, 0.3) is 0 Å². The average Bonchev–Trinajstić information content (AvgIpc) is 2.43. The molecule has 0 radical (unpaired) electrons. The van der Waals surface area contributed by atoms with Crippen molar-refractivity contribution in [2.45, 2.75) is 39.5 Å². The molecule has 0 aromatic heterocycles. The summed E-state index contributed by atoms with van der Waals surface area (Å²) >= 11 is 0. The Kier molecular flexibility index (Phi) is 5.27.